The molecule has 2 heterocycles. The molecule has 1 N–H and O–H groups in total. The van der Waals surface area contributed by atoms with Gasteiger partial charge in [0.25, 0.3) is 0 Å². The summed E-state index contributed by atoms with van der Waals surface area (Å²) in [4.78, 5) is 49.6. The zero-order valence-corrected chi connectivity index (χ0v) is 23.1. The van der Waals surface area contributed by atoms with Crippen molar-refractivity contribution in [3.63, 3.8) is 0 Å². The van der Waals surface area contributed by atoms with Gasteiger partial charge < -0.3 is 29.1 Å². The van der Waals surface area contributed by atoms with Crippen molar-refractivity contribution in [3.05, 3.63) is 71.3 Å². The first-order valence-corrected chi connectivity index (χ1v) is 13.1. The molecule has 0 saturated carbocycles. The lowest BCUT2D eigenvalue weighted by Gasteiger charge is -2.37. The van der Waals surface area contributed by atoms with Gasteiger partial charge in [-0.3, -0.25) is 9.59 Å². The Morgan fingerprint density at radius 2 is 1.07 bits per heavy atom. The number of ether oxygens (including phenoxy) is 3. The van der Waals surface area contributed by atoms with Crippen LogP contribution in [0.5, 0.6) is 0 Å². The normalized spacial score (nSPS) is 22.1. The molecule has 10 nitrogen and oxygen atoms in total. The van der Waals surface area contributed by atoms with Crippen LogP contribution in [0, 0.1) is 23.5 Å². The van der Waals surface area contributed by atoms with Gasteiger partial charge in [-0.15, -0.1) is 0 Å². The Morgan fingerprint density at radius 1 is 0.683 bits per heavy atom. The predicted molar refractivity (Wildman–Crippen MR) is 142 cm³/mol. The molecular formula is C29H34F2N2O8. The van der Waals surface area contributed by atoms with Gasteiger partial charge in [0, 0.05) is 13.1 Å². The number of carbonyl (C=O) groups is 4. The quantitative estimate of drug-likeness (QED) is 0.401. The van der Waals surface area contributed by atoms with Crippen molar-refractivity contribution in [1.82, 2.24) is 9.80 Å². The number of carboxylic acid groups (broad SMARTS) is 1. The number of likely N-dealkylation sites (tertiary alicyclic amines) is 2. The molecule has 12 heteroatoms. The van der Waals surface area contributed by atoms with Crippen LogP contribution in [-0.4, -0.2) is 73.5 Å². The van der Waals surface area contributed by atoms with Crippen LogP contribution in [0.3, 0.4) is 0 Å². The maximum Gasteiger partial charge on any atom is 0.409 e. The van der Waals surface area contributed by atoms with Crippen LogP contribution in [0.1, 0.15) is 48.9 Å². The van der Waals surface area contributed by atoms with E-state index >= 15 is 0 Å². The first-order valence-electron chi connectivity index (χ1n) is 13.1. The standard InChI is InChI=1S/C15H18FNO4.C14H16FNO4/c1-20-14(18)11-7-8-17(15(19)21-2)13(9-11)10-3-5-12(16)6-4-10;1-20-14(19)16-7-6-10(13(17)18)8-12(16)9-2-4-11(15)5-3-9/h3-6,11,13H,7-9H2,1-2H3;2-5,10,12H,6-8H2,1H3,(H,17,18). The van der Waals surface area contributed by atoms with Gasteiger partial charge in [-0.25, -0.2) is 18.4 Å². The van der Waals surface area contributed by atoms with Crippen LogP contribution in [0.4, 0.5) is 18.4 Å². The number of esters is 1. The molecular weight excluding hydrogens is 542 g/mol. The van der Waals surface area contributed by atoms with Crippen LogP contribution >= 0.6 is 0 Å². The van der Waals surface area contributed by atoms with Gasteiger partial charge in [0.05, 0.1) is 45.2 Å². The lowest BCUT2D eigenvalue weighted by atomic mass is 9.87. The van der Waals surface area contributed by atoms with Crippen LogP contribution in [0.2, 0.25) is 0 Å². The molecule has 0 aliphatic carbocycles. The van der Waals surface area contributed by atoms with Gasteiger partial charge in [-0.05, 0) is 61.1 Å². The second-order valence-corrected chi connectivity index (χ2v) is 9.77. The molecule has 2 fully saturated rings. The molecule has 2 aliphatic heterocycles. The molecule has 0 bridgehead atoms. The number of nitrogens with zero attached hydrogens (tertiary/aromatic N) is 2. The summed E-state index contributed by atoms with van der Waals surface area (Å²) in [6.07, 6.45) is 0.709. The van der Waals surface area contributed by atoms with Gasteiger partial charge in [-0.1, -0.05) is 24.3 Å². The molecule has 4 unspecified atom stereocenters. The Bertz CT molecular complexity index is 1210. The zero-order chi connectivity index (χ0) is 30.1. The third-order valence-corrected chi connectivity index (χ3v) is 7.42. The van der Waals surface area contributed by atoms with Crippen LogP contribution in [0.25, 0.3) is 0 Å². The SMILES string of the molecule is COC(=O)C1CCN(C(=O)OC)C(c2ccc(F)cc2)C1.COC(=O)N1CCC(C(=O)O)CC1c1ccc(F)cc1. The zero-order valence-electron chi connectivity index (χ0n) is 23.1. The Kier molecular flexibility index (Phi) is 11.0. The van der Waals surface area contributed by atoms with Crippen LogP contribution < -0.4 is 0 Å². The molecule has 2 amide bonds. The van der Waals surface area contributed by atoms with Gasteiger partial charge in [0.2, 0.25) is 0 Å². The van der Waals surface area contributed by atoms with Crippen molar-refractivity contribution in [3.8, 4) is 0 Å². The summed E-state index contributed by atoms with van der Waals surface area (Å²) in [6, 6.07) is 10.9. The van der Waals surface area contributed by atoms with E-state index in [1.54, 1.807) is 29.2 Å². The van der Waals surface area contributed by atoms with Crippen molar-refractivity contribution in [2.45, 2.75) is 37.8 Å². The molecule has 222 valence electrons. The van der Waals surface area contributed by atoms with Gasteiger partial charge >= 0.3 is 24.1 Å². The maximum absolute atomic E-state index is 13.1. The summed E-state index contributed by atoms with van der Waals surface area (Å²) in [7, 11) is 3.95. The van der Waals surface area contributed by atoms with Crippen molar-refractivity contribution in [2.24, 2.45) is 11.8 Å². The number of hydrogen-bond donors (Lipinski definition) is 1. The highest BCUT2D eigenvalue weighted by atomic mass is 19.1. The lowest BCUT2D eigenvalue weighted by Crippen LogP contribution is -2.42. The van der Waals surface area contributed by atoms with E-state index in [0.717, 1.165) is 5.56 Å². The second-order valence-electron chi connectivity index (χ2n) is 9.77. The average Bonchev–Trinajstić information content (AvgIpc) is 3.00. The summed E-state index contributed by atoms with van der Waals surface area (Å²) < 4.78 is 40.3. The second kappa shape index (κ2) is 14.4. The van der Waals surface area contributed by atoms with Crippen molar-refractivity contribution in [1.29, 1.82) is 0 Å². The molecule has 4 rings (SSSR count). The number of piperidine rings is 2. The van der Waals surface area contributed by atoms with E-state index in [0.29, 0.717) is 44.3 Å². The maximum atomic E-state index is 13.1. The van der Waals surface area contributed by atoms with Crippen LogP contribution in [0.15, 0.2) is 48.5 Å². The molecule has 0 spiro atoms. The highest BCUT2D eigenvalue weighted by Crippen LogP contribution is 2.36. The Labute approximate surface area is 236 Å². The van der Waals surface area contributed by atoms with Crippen molar-refractivity contribution < 1.29 is 47.3 Å². The third-order valence-electron chi connectivity index (χ3n) is 7.42. The number of carbonyl (C=O) groups excluding carboxylic acids is 3. The molecule has 2 saturated heterocycles. The summed E-state index contributed by atoms with van der Waals surface area (Å²) in [5, 5.41) is 9.13. The van der Waals surface area contributed by atoms with Gasteiger partial charge in [-0.2, -0.15) is 0 Å². The van der Waals surface area contributed by atoms with Gasteiger partial charge in [0.1, 0.15) is 11.6 Å². The molecule has 0 radical (unpaired) electrons. The number of benzene rings is 2. The Hall–Kier alpha value is -4.22. The fourth-order valence-electron chi connectivity index (χ4n) is 5.21. The fourth-order valence-corrected chi connectivity index (χ4v) is 5.21. The molecule has 2 aromatic rings. The summed E-state index contributed by atoms with van der Waals surface area (Å²) in [5.41, 5.74) is 1.48. The van der Waals surface area contributed by atoms with E-state index < -0.39 is 30.1 Å². The summed E-state index contributed by atoms with van der Waals surface area (Å²) in [6.45, 7) is 0.708. The number of hydrogen-bond acceptors (Lipinski definition) is 7. The first-order chi connectivity index (χ1) is 19.6. The van der Waals surface area contributed by atoms with Crippen molar-refractivity contribution >= 4 is 24.1 Å². The number of halogens is 2. The predicted octanol–water partition coefficient (Wildman–Crippen LogP) is 4.95. The van der Waals surface area contributed by atoms with Crippen LogP contribution in [-0.2, 0) is 23.8 Å². The van der Waals surface area contributed by atoms with E-state index in [9.17, 15) is 28.0 Å². The van der Waals surface area contributed by atoms with Crippen molar-refractivity contribution in [2.75, 3.05) is 34.4 Å². The Balaban J connectivity index is 0.000000226. The molecule has 2 aromatic carbocycles. The smallest absolute Gasteiger partial charge is 0.409 e. The Morgan fingerprint density at radius 3 is 1.44 bits per heavy atom. The first kappa shape index (κ1) is 31.3. The number of rotatable bonds is 4. The number of methoxy groups -OCH3 is 3. The largest absolute Gasteiger partial charge is 0.481 e. The van der Waals surface area contributed by atoms with E-state index in [4.69, 9.17) is 19.3 Å². The number of amides is 2. The van der Waals surface area contributed by atoms with E-state index in [-0.39, 0.29) is 29.6 Å². The molecule has 0 aromatic heterocycles. The lowest BCUT2D eigenvalue weighted by molar-refractivity contribution is -0.147. The van der Waals surface area contributed by atoms with Gasteiger partial charge in [0.15, 0.2) is 0 Å². The average molecular weight is 577 g/mol. The molecule has 4 atom stereocenters. The topological polar surface area (TPSA) is 123 Å². The highest BCUT2D eigenvalue weighted by Gasteiger charge is 2.37. The van der Waals surface area contributed by atoms with E-state index in [1.807, 2.05) is 0 Å². The summed E-state index contributed by atoms with van der Waals surface area (Å²) >= 11 is 0. The minimum Gasteiger partial charge on any atom is -0.481 e. The minimum absolute atomic E-state index is 0.272. The highest BCUT2D eigenvalue weighted by molar-refractivity contribution is 5.74. The number of carboxylic acids is 1. The molecule has 2 aliphatic rings. The van der Waals surface area contributed by atoms with E-state index in [1.165, 1.54) is 50.5 Å². The fraction of sp³-hybridized carbons (Fsp3) is 0.448. The summed E-state index contributed by atoms with van der Waals surface area (Å²) in [5.74, 6) is -2.65. The van der Waals surface area contributed by atoms with E-state index in [2.05, 4.69) is 0 Å². The minimum atomic E-state index is -0.873. The molecule has 41 heavy (non-hydrogen) atoms. The third kappa shape index (κ3) is 7.92. The number of aliphatic carboxylic acids is 1. The monoisotopic (exact) mass is 576 g/mol.